The largest absolute Gasteiger partial charge is 1.00 e. The van der Waals surface area contributed by atoms with Gasteiger partial charge in [0.05, 0.1) is 0 Å². The summed E-state index contributed by atoms with van der Waals surface area (Å²) in [6.07, 6.45) is 6.90. The second-order valence-electron chi connectivity index (χ2n) is 5.64. The highest BCUT2D eigenvalue weighted by Crippen LogP contribution is 2.18. The van der Waals surface area contributed by atoms with Crippen LogP contribution in [-0.2, 0) is 6.54 Å². The fourth-order valence-corrected chi connectivity index (χ4v) is 2.66. The predicted octanol–water partition coefficient (Wildman–Crippen LogP) is -0.456. The van der Waals surface area contributed by atoms with Gasteiger partial charge in [-0.2, -0.15) is 0 Å². The highest BCUT2D eigenvalue weighted by Gasteiger charge is 2.22. The Kier molecular flexibility index (Phi) is 6.43. The van der Waals surface area contributed by atoms with Crippen LogP contribution in [-0.4, -0.2) is 23.6 Å². The summed E-state index contributed by atoms with van der Waals surface area (Å²) in [5.41, 5.74) is 1.33. The third kappa shape index (κ3) is 4.18. The maximum absolute atomic E-state index is 2.29. The molecular formula is C16H24BrN3. The van der Waals surface area contributed by atoms with Crippen molar-refractivity contribution in [3.63, 3.8) is 0 Å². The normalized spacial score (nSPS) is 12.5. The molecule has 0 aliphatic heterocycles. The van der Waals surface area contributed by atoms with Crippen LogP contribution in [0.5, 0.6) is 0 Å². The van der Waals surface area contributed by atoms with Crippen molar-refractivity contribution in [2.24, 2.45) is 5.92 Å². The van der Waals surface area contributed by atoms with E-state index in [2.05, 4.69) is 91.0 Å². The molecule has 2 aromatic rings. The third-order valence-corrected chi connectivity index (χ3v) is 3.35. The molecule has 0 spiro atoms. The highest BCUT2D eigenvalue weighted by atomic mass is 79.9. The highest BCUT2D eigenvalue weighted by molar-refractivity contribution is 5.13. The molecule has 1 atom stereocenters. The number of halogens is 1. The van der Waals surface area contributed by atoms with E-state index in [1.165, 1.54) is 5.56 Å². The van der Waals surface area contributed by atoms with E-state index in [0.717, 1.165) is 6.54 Å². The molecule has 110 valence electrons. The number of rotatable bonds is 5. The molecule has 0 saturated heterocycles. The van der Waals surface area contributed by atoms with E-state index < -0.39 is 0 Å². The lowest BCUT2D eigenvalue weighted by molar-refractivity contribution is -0.688. The average molecular weight is 338 g/mol. The van der Waals surface area contributed by atoms with Gasteiger partial charge in [0.15, 0.2) is 6.17 Å². The number of aromatic nitrogens is 2. The van der Waals surface area contributed by atoms with E-state index in [-0.39, 0.29) is 17.0 Å². The lowest BCUT2D eigenvalue weighted by Gasteiger charge is -2.24. The summed E-state index contributed by atoms with van der Waals surface area (Å²) in [5, 5.41) is 0. The summed E-state index contributed by atoms with van der Waals surface area (Å²) in [6, 6.07) is 10.6. The zero-order chi connectivity index (χ0) is 13.8. The summed E-state index contributed by atoms with van der Waals surface area (Å²) < 4.78 is 4.52. The molecule has 0 amide bonds. The molecule has 1 aromatic heterocycles. The first kappa shape index (κ1) is 16.9. The summed E-state index contributed by atoms with van der Waals surface area (Å²) in [7, 11) is 4.26. The minimum Gasteiger partial charge on any atom is -1.00 e. The lowest BCUT2D eigenvalue weighted by Crippen LogP contribution is -3.00. The zero-order valence-corrected chi connectivity index (χ0v) is 14.3. The number of benzene rings is 1. The summed E-state index contributed by atoms with van der Waals surface area (Å²) in [5.74, 6) is 0.576. The van der Waals surface area contributed by atoms with Crippen LogP contribution >= 0.6 is 0 Å². The second-order valence-corrected chi connectivity index (χ2v) is 5.64. The van der Waals surface area contributed by atoms with Crippen LogP contribution in [0.2, 0.25) is 0 Å². The van der Waals surface area contributed by atoms with Gasteiger partial charge in [-0.3, -0.25) is 4.90 Å². The molecule has 2 rings (SSSR count). The standard InChI is InChI=1S/C16H24N3.BrH/c1-14(2)16(17(3)4)19-11-10-18(13-19)12-15-8-6-5-7-9-15;/h5-11,13-14,16H,12H2,1-4H3;1H/q+1;/p-1. The van der Waals surface area contributed by atoms with Gasteiger partial charge < -0.3 is 17.0 Å². The monoisotopic (exact) mass is 337 g/mol. The van der Waals surface area contributed by atoms with E-state index in [4.69, 9.17) is 0 Å². The van der Waals surface area contributed by atoms with Gasteiger partial charge in [-0.25, -0.2) is 9.13 Å². The van der Waals surface area contributed by atoms with Crippen LogP contribution in [0.4, 0.5) is 0 Å². The molecule has 20 heavy (non-hydrogen) atoms. The van der Waals surface area contributed by atoms with Crippen molar-refractivity contribution in [2.45, 2.75) is 26.6 Å². The van der Waals surface area contributed by atoms with Crippen molar-refractivity contribution >= 4 is 0 Å². The Morgan fingerprint density at radius 1 is 1.15 bits per heavy atom. The van der Waals surface area contributed by atoms with Crippen molar-refractivity contribution in [3.8, 4) is 0 Å². The van der Waals surface area contributed by atoms with Crippen LogP contribution in [0.1, 0.15) is 25.6 Å². The zero-order valence-electron chi connectivity index (χ0n) is 12.7. The Bertz CT molecular complexity index is 497. The first-order chi connectivity index (χ1) is 9.08. The van der Waals surface area contributed by atoms with Crippen molar-refractivity contribution in [1.82, 2.24) is 9.47 Å². The Morgan fingerprint density at radius 3 is 2.35 bits per heavy atom. The van der Waals surface area contributed by atoms with Crippen molar-refractivity contribution in [1.29, 1.82) is 0 Å². The third-order valence-electron chi connectivity index (χ3n) is 3.35. The number of nitrogens with zero attached hydrogens (tertiary/aromatic N) is 3. The first-order valence-electron chi connectivity index (χ1n) is 6.85. The second kappa shape index (κ2) is 7.60. The Morgan fingerprint density at radius 2 is 1.80 bits per heavy atom. The maximum Gasteiger partial charge on any atom is 0.245 e. The Hall–Kier alpha value is -1.13. The van der Waals surface area contributed by atoms with Gasteiger partial charge in [0.2, 0.25) is 6.33 Å². The van der Waals surface area contributed by atoms with Gasteiger partial charge in [0.1, 0.15) is 18.9 Å². The van der Waals surface area contributed by atoms with E-state index in [0.29, 0.717) is 12.1 Å². The molecule has 1 heterocycles. The number of hydrogen-bond acceptors (Lipinski definition) is 1. The van der Waals surface area contributed by atoms with Gasteiger partial charge >= 0.3 is 0 Å². The molecule has 0 aliphatic carbocycles. The van der Waals surface area contributed by atoms with E-state index in [1.54, 1.807) is 0 Å². The van der Waals surface area contributed by atoms with Gasteiger partial charge in [0, 0.05) is 5.92 Å². The summed E-state index contributed by atoms with van der Waals surface area (Å²) >= 11 is 0. The number of hydrogen-bond donors (Lipinski definition) is 0. The topological polar surface area (TPSA) is 12.1 Å². The molecule has 1 aromatic carbocycles. The summed E-state index contributed by atoms with van der Waals surface area (Å²) in [6.45, 7) is 5.44. The van der Waals surface area contributed by atoms with Gasteiger partial charge in [0.25, 0.3) is 0 Å². The van der Waals surface area contributed by atoms with Crippen LogP contribution in [0, 0.1) is 5.92 Å². The van der Waals surface area contributed by atoms with Gasteiger partial charge in [-0.15, -0.1) is 0 Å². The quantitative estimate of drug-likeness (QED) is 0.673. The van der Waals surface area contributed by atoms with E-state index in [9.17, 15) is 0 Å². The molecule has 0 saturated carbocycles. The maximum atomic E-state index is 2.29. The minimum absolute atomic E-state index is 0. The van der Waals surface area contributed by atoms with E-state index >= 15 is 0 Å². The predicted molar refractivity (Wildman–Crippen MR) is 77.7 cm³/mol. The molecule has 0 radical (unpaired) electrons. The SMILES string of the molecule is CC(C)C(N(C)C)n1cc[n+](Cc2ccccc2)c1.[Br-]. The van der Waals surface area contributed by atoms with Crippen molar-refractivity contribution in [2.75, 3.05) is 14.1 Å². The van der Waals surface area contributed by atoms with Crippen LogP contribution < -0.4 is 21.5 Å². The molecule has 4 heteroatoms. The van der Waals surface area contributed by atoms with Gasteiger partial charge in [-0.1, -0.05) is 44.2 Å². The molecule has 0 bridgehead atoms. The fraction of sp³-hybridized carbons (Fsp3) is 0.438. The average Bonchev–Trinajstić information content (AvgIpc) is 2.77. The molecule has 3 nitrogen and oxygen atoms in total. The lowest BCUT2D eigenvalue weighted by atomic mass is 10.1. The summed E-state index contributed by atoms with van der Waals surface area (Å²) in [4.78, 5) is 2.26. The van der Waals surface area contributed by atoms with Gasteiger partial charge in [-0.05, 0) is 19.7 Å². The van der Waals surface area contributed by atoms with Crippen LogP contribution in [0.25, 0.3) is 0 Å². The Labute approximate surface area is 132 Å². The fourth-order valence-electron chi connectivity index (χ4n) is 2.66. The van der Waals surface area contributed by atoms with Crippen LogP contribution in [0.3, 0.4) is 0 Å². The molecule has 1 unspecified atom stereocenters. The van der Waals surface area contributed by atoms with E-state index in [1.807, 2.05) is 0 Å². The molecule has 0 fully saturated rings. The molecule has 0 aliphatic rings. The first-order valence-corrected chi connectivity index (χ1v) is 6.85. The van der Waals surface area contributed by atoms with Crippen molar-refractivity contribution in [3.05, 3.63) is 54.6 Å². The molecule has 0 N–H and O–H groups in total. The van der Waals surface area contributed by atoms with Crippen molar-refractivity contribution < 1.29 is 21.5 Å². The minimum atomic E-state index is 0. The smallest absolute Gasteiger partial charge is 0.245 e. The number of imidazole rings is 1. The van der Waals surface area contributed by atoms with Crippen LogP contribution in [0.15, 0.2) is 49.1 Å². The Balaban J connectivity index is 0.00000200. The molecular weight excluding hydrogens is 314 g/mol.